The second kappa shape index (κ2) is 17.6. The van der Waals surface area contributed by atoms with E-state index in [1.807, 2.05) is 0 Å². The standard InChI is InChI=1S/C28H54O5/c1-5-9-13-17-21-25(22-18-14-10-6-2)28(31-26(29)30)27(32-33-28,23-19-15-11-7-3)24-20-16-12-8-4/h25H,5-24H2,1-4H3,(H,29,30). The first-order valence-corrected chi connectivity index (χ1v) is 14.3. The summed E-state index contributed by atoms with van der Waals surface area (Å²) in [5.41, 5.74) is -0.646. The van der Waals surface area contributed by atoms with Gasteiger partial charge < -0.3 is 9.84 Å². The van der Waals surface area contributed by atoms with Crippen LogP contribution in [0.1, 0.15) is 156 Å². The van der Waals surface area contributed by atoms with Crippen LogP contribution in [-0.2, 0) is 14.5 Å². The molecule has 1 unspecified atom stereocenters. The summed E-state index contributed by atoms with van der Waals surface area (Å²) in [5.74, 6) is -1.11. The lowest BCUT2D eigenvalue weighted by atomic mass is 9.71. The van der Waals surface area contributed by atoms with Crippen molar-refractivity contribution in [1.82, 2.24) is 0 Å². The van der Waals surface area contributed by atoms with Gasteiger partial charge in [0, 0.05) is 5.92 Å². The van der Waals surface area contributed by atoms with Crippen LogP contribution in [0.2, 0.25) is 0 Å². The maximum atomic E-state index is 11.9. The zero-order valence-electron chi connectivity index (χ0n) is 22.3. The Morgan fingerprint density at radius 3 is 1.42 bits per heavy atom. The van der Waals surface area contributed by atoms with Crippen LogP contribution < -0.4 is 0 Å². The Morgan fingerprint density at radius 1 is 0.667 bits per heavy atom. The lowest BCUT2D eigenvalue weighted by Gasteiger charge is -2.57. The van der Waals surface area contributed by atoms with Gasteiger partial charge in [-0.3, -0.25) is 0 Å². The molecule has 1 aliphatic rings. The molecule has 0 bridgehead atoms. The van der Waals surface area contributed by atoms with Gasteiger partial charge in [-0.05, 0) is 25.7 Å². The molecule has 196 valence electrons. The van der Waals surface area contributed by atoms with Gasteiger partial charge in [-0.25, -0.2) is 9.68 Å². The highest BCUT2D eigenvalue weighted by Crippen LogP contribution is 2.55. The first-order chi connectivity index (χ1) is 16.0. The molecular weight excluding hydrogens is 416 g/mol. The lowest BCUT2D eigenvalue weighted by molar-refractivity contribution is -0.617. The van der Waals surface area contributed by atoms with Crippen LogP contribution in [0.25, 0.3) is 0 Å². The number of carbonyl (C=O) groups is 1. The van der Waals surface area contributed by atoms with E-state index in [0.29, 0.717) is 0 Å². The molecule has 33 heavy (non-hydrogen) atoms. The lowest BCUT2D eigenvalue weighted by Crippen LogP contribution is -2.72. The summed E-state index contributed by atoms with van der Waals surface area (Å²) in [5, 5.41) is 9.78. The molecule has 1 aliphatic heterocycles. The third-order valence-corrected chi connectivity index (χ3v) is 7.42. The Labute approximate surface area is 204 Å². The monoisotopic (exact) mass is 470 g/mol. The van der Waals surface area contributed by atoms with E-state index in [9.17, 15) is 9.90 Å². The summed E-state index contributed by atoms with van der Waals surface area (Å²) in [6.07, 6.45) is 20.6. The van der Waals surface area contributed by atoms with Crippen molar-refractivity contribution >= 4 is 6.16 Å². The quantitative estimate of drug-likeness (QED) is 0.0969. The molecule has 5 nitrogen and oxygen atoms in total. The van der Waals surface area contributed by atoms with Crippen LogP contribution >= 0.6 is 0 Å². The van der Waals surface area contributed by atoms with Gasteiger partial charge in [0.05, 0.1) is 0 Å². The molecule has 0 saturated carbocycles. The number of rotatable bonds is 22. The summed E-state index contributed by atoms with van der Waals surface area (Å²) in [7, 11) is 0. The molecule has 1 atom stereocenters. The van der Waals surface area contributed by atoms with Crippen molar-refractivity contribution in [3.8, 4) is 0 Å². The summed E-state index contributed by atoms with van der Waals surface area (Å²) < 4.78 is 5.75. The third-order valence-electron chi connectivity index (χ3n) is 7.42. The molecule has 0 aromatic carbocycles. The molecule has 0 spiro atoms. The zero-order valence-corrected chi connectivity index (χ0v) is 22.3. The van der Waals surface area contributed by atoms with Crippen molar-refractivity contribution in [2.24, 2.45) is 5.92 Å². The zero-order chi connectivity index (χ0) is 24.4. The van der Waals surface area contributed by atoms with Crippen molar-refractivity contribution in [3.05, 3.63) is 0 Å². The van der Waals surface area contributed by atoms with E-state index in [1.54, 1.807) is 0 Å². The van der Waals surface area contributed by atoms with Crippen molar-refractivity contribution in [2.45, 2.75) is 167 Å². The van der Waals surface area contributed by atoms with E-state index in [4.69, 9.17) is 14.5 Å². The van der Waals surface area contributed by atoms with Crippen LogP contribution in [-0.4, -0.2) is 22.7 Å². The second-order valence-corrected chi connectivity index (χ2v) is 10.2. The predicted octanol–water partition coefficient (Wildman–Crippen LogP) is 9.58. The maximum Gasteiger partial charge on any atom is 0.508 e. The highest BCUT2D eigenvalue weighted by Gasteiger charge is 2.69. The average Bonchev–Trinajstić information content (AvgIpc) is 2.79. The smallest absolute Gasteiger partial charge is 0.450 e. The fourth-order valence-electron chi connectivity index (χ4n) is 5.40. The van der Waals surface area contributed by atoms with Crippen molar-refractivity contribution < 1.29 is 24.4 Å². The number of unbranched alkanes of at least 4 members (excludes halogenated alkanes) is 12. The Hall–Kier alpha value is -0.810. The van der Waals surface area contributed by atoms with E-state index < -0.39 is 17.5 Å². The fourth-order valence-corrected chi connectivity index (χ4v) is 5.40. The number of carboxylic acid groups (broad SMARTS) is 1. The van der Waals surface area contributed by atoms with Crippen LogP contribution in [0.15, 0.2) is 0 Å². The maximum absolute atomic E-state index is 11.9. The Morgan fingerprint density at radius 2 is 1.09 bits per heavy atom. The molecule has 0 aromatic heterocycles. The minimum atomic E-state index is -1.24. The van der Waals surface area contributed by atoms with E-state index in [2.05, 4.69) is 27.7 Å². The minimum absolute atomic E-state index is 0.0495. The first kappa shape index (κ1) is 30.2. The Bertz CT molecular complexity index is 471. The van der Waals surface area contributed by atoms with Gasteiger partial charge in [0.1, 0.15) is 0 Å². The molecule has 1 heterocycles. The molecule has 0 aromatic rings. The SMILES string of the molecule is CCCCCCC(CCCCCC)C1(OC(=O)O)OOC1(CCCCCC)CCCCCC. The fraction of sp³-hybridized carbons (Fsp3) is 0.964. The van der Waals surface area contributed by atoms with Gasteiger partial charge in [0.25, 0.3) is 5.79 Å². The minimum Gasteiger partial charge on any atom is -0.450 e. The molecule has 1 N–H and O–H groups in total. The molecule has 0 aliphatic carbocycles. The molecule has 1 saturated heterocycles. The van der Waals surface area contributed by atoms with Gasteiger partial charge in [-0.2, -0.15) is 4.89 Å². The van der Waals surface area contributed by atoms with E-state index in [-0.39, 0.29) is 5.92 Å². The summed E-state index contributed by atoms with van der Waals surface area (Å²) in [6, 6.07) is 0. The van der Waals surface area contributed by atoms with Crippen molar-refractivity contribution in [2.75, 3.05) is 0 Å². The van der Waals surface area contributed by atoms with Crippen molar-refractivity contribution in [1.29, 1.82) is 0 Å². The Balaban J connectivity index is 3.11. The topological polar surface area (TPSA) is 65.0 Å². The summed E-state index contributed by atoms with van der Waals surface area (Å²) in [6.45, 7) is 8.86. The van der Waals surface area contributed by atoms with Crippen LogP contribution in [0, 0.1) is 5.92 Å². The van der Waals surface area contributed by atoms with Gasteiger partial charge in [-0.1, -0.05) is 130 Å². The van der Waals surface area contributed by atoms with Gasteiger partial charge in [-0.15, -0.1) is 0 Å². The summed E-state index contributed by atoms with van der Waals surface area (Å²) in [4.78, 5) is 23.7. The molecule has 1 rings (SSSR count). The van der Waals surface area contributed by atoms with E-state index in [0.717, 1.165) is 64.2 Å². The molecule has 1 fully saturated rings. The Kier molecular flexibility index (Phi) is 16.1. The predicted molar refractivity (Wildman–Crippen MR) is 135 cm³/mol. The molecule has 0 radical (unpaired) electrons. The number of hydrogen-bond donors (Lipinski definition) is 1. The van der Waals surface area contributed by atoms with E-state index >= 15 is 0 Å². The van der Waals surface area contributed by atoms with E-state index in [1.165, 1.54) is 64.2 Å². The highest BCUT2D eigenvalue weighted by atomic mass is 17.3. The van der Waals surface area contributed by atoms with Gasteiger partial charge >= 0.3 is 6.16 Å². The average molecular weight is 471 g/mol. The molecular formula is C28H54O5. The third kappa shape index (κ3) is 9.76. The number of ether oxygens (including phenoxy) is 1. The van der Waals surface area contributed by atoms with Crippen molar-refractivity contribution in [3.63, 3.8) is 0 Å². The number of hydrogen-bond acceptors (Lipinski definition) is 4. The van der Waals surface area contributed by atoms with Crippen LogP contribution in [0.5, 0.6) is 0 Å². The summed E-state index contributed by atoms with van der Waals surface area (Å²) >= 11 is 0. The molecule has 5 heteroatoms. The molecule has 0 amide bonds. The first-order valence-electron chi connectivity index (χ1n) is 14.3. The normalized spacial score (nSPS) is 19.5. The van der Waals surface area contributed by atoms with Gasteiger partial charge in [0.2, 0.25) is 0 Å². The second-order valence-electron chi connectivity index (χ2n) is 10.2. The van der Waals surface area contributed by atoms with Crippen LogP contribution in [0.3, 0.4) is 0 Å². The van der Waals surface area contributed by atoms with Crippen LogP contribution in [0.4, 0.5) is 4.79 Å². The van der Waals surface area contributed by atoms with Gasteiger partial charge in [0.15, 0.2) is 5.60 Å². The highest BCUT2D eigenvalue weighted by molar-refractivity contribution is 5.57. The largest absolute Gasteiger partial charge is 0.508 e.